The fraction of sp³-hybridized carbons (Fsp3) is 0.500. The number of ether oxygens (including phenoxy) is 1. The molecule has 0 fully saturated rings. The molecule has 1 rings (SSSR count). The van der Waals surface area contributed by atoms with E-state index in [4.69, 9.17) is 10.5 Å². The van der Waals surface area contributed by atoms with E-state index in [1.165, 1.54) is 0 Å². The van der Waals surface area contributed by atoms with E-state index in [1.54, 1.807) is 24.3 Å². The van der Waals surface area contributed by atoms with Crippen LogP contribution in [0, 0.1) is 0 Å². The van der Waals surface area contributed by atoms with Gasteiger partial charge in [-0.15, -0.1) is 0 Å². The number of sulfone groups is 1. The second-order valence-corrected chi connectivity index (χ2v) is 5.89. The molecule has 0 aliphatic carbocycles. The Hall–Kier alpha value is -1.07. The topological polar surface area (TPSA) is 69.4 Å². The molecule has 5 heteroatoms. The SMILES string of the molecule is CCOc1ccc(S(=O)(=O)CC(N)CC)cc1. The monoisotopic (exact) mass is 257 g/mol. The van der Waals surface area contributed by atoms with Crippen LogP contribution in [-0.2, 0) is 9.84 Å². The first-order chi connectivity index (χ1) is 7.99. The Morgan fingerprint density at radius 3 is 2.29 bits per heavy atom. The summed E-state index contributed by atoms with van der Waals surface area (Å²) in [5.74, 6) is 0.656. The number of nitrogens with two attached hydrogens (primary N) is 1. The Kier molecular flexibility index (Phi) is 4.96. The van der Waals surface area contributed by atoms with Gasteiger partial charge in [-0.3, -0.25) is 0 Å². The lowest BCUT2D eigenvalue weighted by Crippen LogP contribution is -2.28. The fourth-order valence-corrected chi connectivity index (χ4v) is 2.95. The van der Waals surface area contributed by atoms with Crippen molar-refractivity contribution in [3.8, 4) is 5.75 Å². The minimum atomic E-state index is -3.28. The van der Waals surface area contributed by atoms with Crippen molar-refractivity contribution in [2.45, 2.75) is 31.2 Å². The van der Waals surface area contributed by atoms with Crippen LogP contribution in [0.5, 0.6) is 5.75 Å². The van der Waals surface area contributed by atoms with Crippen molar-refractivity contribution >= 4 is 9.84 Å². The fourth-order valence-electron chi connectivity index (χ4n) is 1.41. The molecular weight excluding hydrogens is 238 g/mol. The maximum atomic E-state index is 11.9. The van der Waals surface area contributed by atoms with Gasteiger partial charge in [0.2, 0.25) is 0 Å². The zero-order chi connectivity index (χ0) is 12.9. The Labute approximate surface area is 103 Å². The van der Waals surface area contributed by atoms with Crippen LogP contribution in [0.15, 0.2) is 29.2 Å². The molecule has 4 nitrogen and oxygen atoms in total. The highest BCUT2D eigenvalue weighted by molar-refractivity contribution is 7.91. The summed E-state index contributed by atoms with van der Waals surface area (Å²) >= 11 is 0. The molecule has 96 valence electrons. The molecule has 0 aliphatic rings. The molecule has 17 heavy (non-hydrogen) atoms. The number of hydrogen-bond acceptors (Lipinski definition) is 4. The van der Waals surface area contributed by atoms with Crippen LogP contribution in [0.4, 0.5) is 0 Å². The standard InChI is InChI=1S/C12H19NO3S/c1-3-10(13)9-17(14,15)12-7-5-11(6-8-12)16-4-2/h5-8,10H,3-4,9,13H2,1-2H3. The van der Waals surface area contributed by atoms with Crippen LogP contribution in [-0.4, -0.2) is 26.8 Å². The molecule has 0 bridgehead atoms. The average molecular weight is 257 g/mol. The molecule has 0 amide bonds. The predicted octanol–water partition coefficient (Wildman–Crippen LogP) is 1.60. The van der Waals surface area contributed by atoms with Crippen molar-refractivity contribution in [2.24, 2.45) is 5.73 Å². The molecule has 0 saturated carbocycles. The predicted molar refractivity (Wildman–Crippen MR) is 67.9 cm³/mol. The summed E-state index contributed by atoms with van der Waals surface area (Å²) in [5, 5.41) is 0. The Balaban J connectivity index is 2.85. The molecular formula is C12H19NO3S. The van der Waals surface area contributed by atoms with Gasteiger partial charge in [0.05, 0.1) is 17.3 Å². The second kappa shape index (κ2) is 6.02. The second-order valence-electron chi connectivity index (χ2n) is 3.85. The first kappa shape index (κ1) is 14.0. The first-order valence-corrected chi connectivity index (χ1v) is 7.36. The Bertz CT molecular complexity index is 439. The van der Waals surface area contributed by atoms with Crippen molar-refractivity contribution < 1.29 is 13.2 Å². The van der Waals surface area contributed by atoms with E-state index in [0.29, 0.717) is 23.7 Å². The van der Waals surface area contributed by atoms with Crippen molar-refractivity contribution in [1.82, 2.24) is 0 Å². The van der Waals surface area contributed by atoms with Gasteiger partial charge in [-0.2, -0.15) is 0 Å². The van der Waals surface area contributed by atoms with Gasteiger partial charge in [0.25, 0.3) is 0 Å². The minimum Gasteiger partial charge on any atom is -0.494 e. The summed E-state index contributed by atoms with van der Waals surface area (Å²) in [6.45, 7) is 4.32. The largest absolute Gasteiger partial charge is 0.494 e. The molecule has 2 N–H and O–H groups in total. The van der Waals surface area contributed by atoms with Crippen molar-refractivity contribution in [1.29, 1.82) is 0 Å². The van der Waals surface area contributed by atoms with Gasteiger partial charge < -0.3 is 10.5 Å². The van der Waals surface area contributed by atoms with E-state index >= 15 is 0 Å². The summed E-state index contributed by atoms with van der Waals surface area (Å²) in [7, 11) is -3.28. The summed E-state index contributed by atoms with van der Waals surface area (Å²) in [6.07, 6.45) is 0.649. The lowest BCUT2D eigenvalue weighted by molar-refractivity contribution is 0.340. The van der Waals surface area contributed by atoms with E-state index in [2.05, 4.69) is 0 Å². The molecule has 0 aromatic heterocycles. The van der Waals surface area contributed by atoms with Crippen LogP contribution in [0.25, 0.3) is 0 Å². The highest BCUT2D eigenvalue weighted by Gasteiger charge is 2.17. The molecule has 0 spiro atoms. The van der Waals surface area contributed by atoms with Crippen molar-refractivity contribution in [3.05, 3.63) is 24.3 Å². The zero-order valence-corrected chi connectivity index (χ0v) is 11.0. The number of benzene rings is 1. The molecule has 1 atom stereocenters. The average Bonchev–Trinajstić information content (AvgIpc) is 2.29. The normalized spacial score (nSPS) is 13.4. The third-order valence-corrected chi connectivity index (χ3v) is 4.31. The number of hydrogen-bond donors (Lipinski definition) is 1. The summed E-state index contributed by atoms with van der Waals surface area (Å²) < 4.78 is 29.2. The molecule has 1 aromatic rings. The van der Waals surface area contributed by atoms with Gasteiger partial charge in [0.15, 0.2) is 9.84 Å². The van der Waals surface area contributed by atoms with E-state index in [-0.39, 0.29) is 11.8 Å². The van der Waals surface area contributed by atoms with Gasteiger partial charge in [0.1, 0.15) is 5.75 Å². The lowest BCUT2D eigenvalue weighted by atomic mass is 10.3. The van der Waals surface area contributed by atoms with E-state index < -0.39 is 9.84 Å². The Morgan fingerprint density at radius 2 is 1.82 bits per heavy atom. The molecule has 1 aromatic carbocycles. The Morgan fingerprint density at radius 1 is 1.24 bits per heavy atom. The van der Waals surface area contributed by atoms with Gasteiger partial charge >= 0.3 is 0 Å². The van der Waals surface area contributed by atoms with E-state index in [9.17, 15) is 8.42 Å². The summed E-state index contributed by atoms with van der Waals surface area (Å²) in [5.41, 5.74) is 5.67. The third kappa shape index (κ3) is 4.02. The molecule has 0 radical (unpaired) electrons. The van der Waals surface area contributed by atoms with Crippen LogP contribution < -0.4 is 10.5 Å². The molecule has 0 aliphatic heterocycles. The molecule has 0 heterocycles. The summed E-state index contributed by atoms with van der Waals surface area (Å²) in [4.78, 5) is 0.296. The lowest BCUT2D eigenvalue weighted by Gasteiger charge is -2.10. The quantitative estimate of drug-likeness (QED) is 0.840. The van der Waals surface area contributed by atoms with Crippen LogP contribution in [0.1, 0.15) is 20.3 Å². The minimum absolute atomic E-state index is 0.0164. The maximum absolute atomic E-state index is 11.9. The van der Waals surface area contributed by atoms with Crippen LogP contribution in [0.2, 0.25) is 0 Å². The van der Waals surface area contributed by atoms with Crippen molar-refractivity contribution in [2.75, 3.05) is 12.4 Å². The van der Waals surface area contributed by atoms with Gasteiger partial charge in [-0.05, 0) is 37.6 Å². The third-order valence-electron chi connectivity index (χ3n) is 2.45. The van der Waals surface area contributed by atoms with E-state index in [1.807, 2.05) is 13.8 Å². The zero-order valence-electron chi connectivity index (χ0n) is 10.2. The number of rotatable bonds is 6. The molecule has 1 unspecified atom stereocenters. The smallest absolute Gasteiger partial charge is 0.179 e. The molecule has 0 saturated heterocycles. The van der Waals surface area contributed by atoms with Crippen LogP contribution in [0.3, 0.4) is 0 Å². The van der Waals surface area contributed by atoms with Gasteiger partial charge in [0, 0.05) is 6.04 Å². The first-order valence-electron chi connectivity index (χ1n) is 5.70. The van der Waals surface area contributed by atoms with Crippen LogP contribution >= 0.6 is 0 Å². The van der Waals surface area contributed by atoms with Crippen molar-refractivity contribution in [3.63, 3.8) is 0 Å². The van der Waals surface area contributed by atoms with Gasteiger partial charge in [-0.1, -0.05) is 6.92 Å². The summed E-state index contributed by atoms with van der Waals surface area (Å²) in [6, 6.07) is 6.12. The maximum Gasteiger partial charge on any atom is 0.179 e. The highest BCUT2D eigenvalue weighted by atomic mass is 32.2. The van der Waals surface area contributed by atoms with Gasteiger partial charge in [-0.25, -0.2) is 8.42 Å². The van der Waals surface area contributed by atoms with E-state index in [0.717, 1.165) is 0 Å². The highest BCUT2D eigenvalue weighted by Crippen LogP contribution is 2.17.